The topological polar surface area (TPSA) is 111 Å². The number of aliphatic imine (C=N–C) groups is 2. The third-order valence-electron chi connectivity index (χ3n) is 2.77. The fourth-order valence-corrected chi connectivity index (χ4v) is 1.59. The van der Waals surface area contributed by atoms with Crippen LogP contribution in [0.5, 0.6) is 5.75 Å². The van der Waals surface area contributed by atoms with Gasteiger partial charge in [0, 0.05) is 6.54 Å². The van der Waals surface area contributed by atoms with Crippen molar-refractivity contribution in [2.24, 2.45) is 9.98 Å². The summed E-state index contributed by atoms with van der Waals surface area (Å²) in [6.45, 7) is 3.65. The molecule has 9 heteroatoms. The fraction of sp³-hybridized carbons (Fsp3) is 0.500. The van der Waals surface area contributed by atoms with Gasteiger partial charge in [0.05, 0.1) is 6.01 Å². The molecule has 1 aromatic heterocycles. The van der Waals surface area contributed by atoms with Gasteiger partial charge in [-0.2, -0.15) is 15.4 Å². The van der Waals surface area contributed by atoms with Gasteiger partial charge in [-0.1, -0.05) is 6.07 Å². The molecule has 1 unspecified atom stereocenters. The molecular formula is C14H24ClN7O. The second kappa shape index (κ2) is 12.5. The molecule has 0 bridgehead atoms. The van der Waals surface area contributed by atoms with Gasteiger partial charge in [0.15, 0.2) is 5.52 Å². The third-order valence-corrected chi connectivity index (χ3v) is 2.77. The van der Waals surface area contributed by atoms with Gasteiger partial charge < -0.3 is 10.4 Å². The van der Waals surface area contributed by atoms with Crippen LogP contribution in [0.2, 0.25) is 0 Å². The Hall–Kier alpha value is -1.99. The molecule has 2 aromatic rings. The molecule has 0 aliphatic carbocycles. The van der Waals surface area contributed by atoms with Gasteiger partial charge in [-0.15, -0.1) is 12.4 Å². The van der Waals surface area contributed by atoms with E-state index in [4.69, 9.17) is 5.11 Å². The van der Waals surface area contributed by atoms with Crippen LogP contribution in [-0.4, -0.2) is 59.9 Å². The number of nitrogens with zero attached hydrogens (tertiary/aromatic N) is 4. The van der Waals surface area contributed by atoms with E-state index in [2.05, 4.69) is 42.0 Å². The first-order valence-corrected chi connectivity index (χ1v) is 7.14. The lowest BCUT2D eigenvalue weighted by Gasteiger charge is -2.07. The molecule has 0 aliphatic rings. The number of aromatic nitrogens is 3. The molecule has 0 amide bonds. The fourth-order valence-electron chi connectivity index (χ4n) is 1.59. The number of H-pyrrole nitrogens is 1. The van der Waals surface area contributed by atoms with Crippen molar-refractivity contribution in [3.05, 3.63) is 18.2 Å². The van der Waals surface area contributed by atoms with Crippen molar-refractivity contribution in [3.8, 4) is 5.75 Å². The molecule has 8 nitrogen and oxygen atoms in total. The summed E-state index contributed by atoms with van der Waals surface area (Å²) in [5.41, 5.74) is 1.20. The Kier molecular flexibility index (Phi) is 11.5. The van der Waals surface area contributed by atoms with Crippen LogP contribution in [0.4, 0.5) is 0 Å². The molecule has 2 rings (SSSR count). The van der Waals surface area contributed by atoms with Gasteiger partial charge in [0.2, 0.25) is 0 Å². The molecule has 0 fully saturated rings. The molecule has 128 valence electrons. The van der Waals surface area contributed by atoms with Gasteiger partial charge in [-0.25, -0.2) is 9.98 Å². The van der Waals surface area contributed by atoms with E-state index in [0.717, 1.165) is 19.5 Å². The number of nitrogens with one attached hydrogen (secondary N) is 3. The molecule has 1 aromatic carbocycles. The number of aromatic amines is 1. The molecule has 23 heavy (non-hydrogen) atoms. The van der Waals surface area contributed by atoms with E-state index in [1.807, 2.05) is 21.0 Å². The molecule has 1 atom stereocenters. The van der Waals surface area contributed by atoms with E-state index in [9.17, 15) is 0 Å². The van der Waals surface area contributed by atoms with E-state index in [1.54, 1.807) is 18.2 Å². The van der Waals surface area contributed by atoms with Gasteiger partial charge in [0.1, 0.15) is 17.4 Å². The first kappa shape index (κ1) is 21.0. The highest BCUT2D eigenvalue weighted by Gasteiger charge is 2.00. The van der Waals surface area contributed by atoms with Crippen LogP contribution in [0.25, 0.3) is 11.0 Å². The number of para-hydroxylation sites is 1. The summed E-state index contributed by atoms with van der Waals surface area (Å²) in [4.78, 5) is 7.99. The second-order valence-corrected chi connectivity index (χ2v) is 4.37. The maximum atomic E-state index is 9.14. The number of aromatic hydroxyl groups is 1. The van der Waals surface area contributed by atoms with Crippen LogP contribution in [0.3, 0.4) is 0 Å². The molecule has 1 heterocycles. The standard InChI is InChI=1S/C8H18N4.C6H5N3O.ClH/c1-4-11-7-12-8(10-3)5-6-9-2;10-5-3-1-2-4-6(5)8-9-7-4;/h8-10H,4-6H2,1-3H3;1-3,10H,(H,7,8,9);1H. The minimum Gasteiger partial charge on any atom is -0.506 e. The lowest BCUT2D eigenvalue weighted by Crippen LogP contribution is -2.26. The van der Waals surface area contributed by atoms with Crippen molar-refractivity contribution in [2.45, 2.75) is 19.5 Å². The van der Waals surface area contributed by atoms with Crippen LogP contribution < -0.4 is 10.6 Å². The largest absolute Gasteiger partial charge is 0.506 e. The Labute approximate surface area is 141 Å². The first-order valence-electron chi connectivity index (χ1n) is 7.14. The molecule has 0 aliphatic heterocycles. The maximum absolute atomic E-state index is 9.14. The number of hydrogen-bond donors (Lipinski definition) is 4. The van der Waals surface area contributed by atoms with E-state index in [0.29, 0.717) is 11.0 Å². The van der Waals surface area contributed by atoms with Crippen LogP contribution in [-0.2, 0) is 0 Å². The Balaban J connectivity index is 0.000000406. The lowest BCUT2D eigenvalue weighted by atomic mass is 10.3. The Morgan fingerprint density at radius 2 is 2.13 bits per heavy atom. The second-order valence-electron chi connectivity index (χ2n) is 4.37. The van der Waals surface area contributed by atoms with E-state index < -0.39 is 0 Å². The van der Waals surface area contributed by atoms with Crippen molar-refractivity contribution < 1.29 is 5.11 Å². The number of phenolic OH excluding ortho intramolecular Hbond substituents is 1. The van der Waals surface area contributed by atoms with Crippen molar-refractivity contribution in [3.63, 3.8) is 0 Å². The van der Waals surface area contributed by atoms with Crippen LogP contribution in [0.1, 0.15) is 13.3 Å². The molecular weight excluding hydrogens is 318 g/mol. The summed E-state index contributed by atoms with van der Waals surface area (Å²) in [6.07, 6.45) is 1.09. The van der Waals surface area contributed by atoms with Crippen molar-refractivity contribution in [2.75, 3.05) is 27.2 Å². The van der Waals surface area contributed by atoms with Crippen LogP contribution in [0.15, 0.2) is 28.2 Å². The highest BCUT2D eigenvalue weighted by atomic mass is 35.5. The number of benzene rings is 1. The van der Waals surface area contributed by atoms with Gasteiger partial charge >= 0.3 is 0 Å². The highest BCUT2D eigenvalue weighted by molar-refractivity contribution is 5.85. The van der Waals surface area contributed by atoms with Gasteiger partial charge in [-0.05, 0) is 46.1 Å². The zero-order valence-electron chi connectivity index (χ0n) is 13.6. The number of hydrogen-bond acceptors (Lipinski definition) is 7. The summed E-state index contributed by atoms with van der Waals surface area (Å²) in [6, 6.07) is 7.73. The number of fused-ring (bicyclic) bond motifs is 1. The van der Waals surface area contributed by atoms with Crippen molar-refractivity contribution in [1.82, 2.24) is 26.0 Å². The van der Waals surface area contributed by atoms with E-state index in [-0.39, 0.29) is 24.3 Å². The van der Waals surface area contributed by atoms with Crippen molar-refractivity contribution in [1.29, 1.82) is 0 Å². The smallest absolute Gasteiger partial charge is 0.154 e. The Bertz CT molecular complexity index is 610. The quantitative estimate of drug-likeness (QED) is 0.594. The van der Waals surface area contributed by atoms with Crippen molar-refractivity contribution >= 4 is 29.4 Å². The zero-order chi connectivity index (χ0) is 16.2. The van der Waals surface area contributed by atoms with Crippen LogP contribution in [0, 0.1) is 0 Å². The maximum Gasteiger partial charge on any atom is 0.154 e. The number of halogens is 1. The summed E-state index contributed by atoms with van der Waals surface area (Å²) < 4.78 is 0. The van der Waals surface area contributed by atoms with Crippen LogP contribution >= 0.6 is 12.4 Å². The average molecular weight is 342 g/mol. The molecule has 0 saturated heterocycles. The molecule has 0 spiro atoms. The minimum atomic E-state index is 0. The summed E-state index contributed by atoms with van der Waals surface area (Å²) in [5, 5.41) is 25.2. The normalized spacial score (nSPS) is 10.7. The zero-order valence-corrected chi connectivity index (χ0v) is 14.4. The summed E-state index contributed by atoms with van der Waals surface area (Å²) >= 11 is 0. The van der Waals surface area contributed by atoms with E-state index in [1.165, 1.54) is 0 Å². The van der Waals surface area contributed by atoms with Gasteiger partial charge in [-0.3, -0.25) is 5.32 Å². The highest BCUT2D eigenvalue weighted by Crippen LogP contribution is 2.18. The predicted octanol–water partition coefficient (Wildman–Crippen LogP) is 1.42. The summed E-state index contributed by atoms with van der Waals surface area (Å²) in [7, 11) is 3.81. The minimum absolute atomic E-state index is 0. The predicted molar refractivity (Wildman–Crippen MR) is 94.6 cm³/mol. The molecule has 0 saturated carbocycles. The Morgan fingerprint density at radius 3 is 2.74 bits per heavy atom. The average Bonchev–Trinajstić information content (AvgIpc) is 3.01. The SMILES string of the molecule is CCN=C=NC(CCNC)NC.Cl.Oc1cccc2n[nH]nc12. The Morgan fingerprint density at radius 1 is 1.35 bits per heavy atom. The third kappa shape index (κ3) is 7.71. The first-order chi connectivity index (χ1) is 10.7. The number of phenols is 1. The lowest BCUT2D eigenvalue weighted by molar-refractivity contribution is 0.480. The molecule has 4 N–H and O–H groups in total. The number of rotatable bonds is 6. The van der Waals surface area contributed by atoms with Gasteiger partial charge in [0.25, 0.3) is 0 Å². The molecule has 0 radical (unpaired) electrons. The monoisotopic (exact) mass is 341 g/mol. The summed E-state index contributed by atoms with van der Waals surface area (Å²) in [5.74, 6) is 0.159. The van der Waals surface area contributed by atoms with E-state index >= 15 is 0 Å².